The third kappa shape index (κ3) is 3.96. The Balaban J connectivity index is 2.66. The minimum absolute atomic E-state index is 0.142. The number of hydrogen-bond donors (Lipinski definition) is 0. The van der Waals surface area contributed by atoms with Gasteiger partial charge in [-0.1, -0.05) is 16.7 Å². The van der Waals surface area contributed by atoms with Gasteiger partial charge in [0.15, 0.2) is 12.0 Å². The molecule has 0 N–H and O–H groups in total. The maximum atomic E-state index is 13.0. The van der Waals surface area contributed by atoms with Gasteiger partial charge in [-0.15, -0.1) is 0 Å². The van der Waals surface area contributed by atoms with Gasteiger partial charge in [0.25, 0.3) is 0 Å². The number of hydrogen-bond acceptors (Lipinski definition) is 1. The molecule has 0 aromatic heterocycles. The van der Waals surface area contributed by atoms with E-state index in [2.05, 4.69) is 0 Å². The van der Waals surface area contributed by atoms with Crippen LogP contribution in [0.2, 0.25) is 0 Å². The Bertz CT molecular complexity index is 361. The Morgan fingerprint density at radius 1 is 1.20 bits per heavy atom. The molecule has 0 aliphatic rings. The third-order valence-electron chi connectivity index (χ3n) is 1.72. The molecule has 1 aromatic rings. The largest absolute Gasteiger partial charge is 0.393 e. The normalized spacial score (nSPS) is 12.7. The molecule has 1 nitrogen and oxygen atoms in total. The quantitative estimate of drug-likeness (QED) is 0.584. The number of benzene rings is 1. The van der Waals surface area contributed by atoms with E-state index >= 15 is 0 Å². The Morgan fingerprint density at radius 2 is 1.80 bits per heavy atom. The number of rotatable bonds is 3. The summed E-state index contributed by atoms with van der Waals surface area (Å²) in [7, 11) is -2.31. The van der Waals surface area contributed by atoms with Crippen LogP contribution in [0.5, 0.6) is 0 Å². The first kappa shape index (κ1) is 12.1. The molecule has 1 rings (SSSR count). The van der Waals surface area contributed by atoms with Gasteiger partial charge in [-0.05, 0) is 12.1 Å². The van der Waals surface area contributed by atoms with E-state index in [9.17, 15) is 22.1 Å². The zero-order valence-electron chi connectivity index (χ0n) is 7.59. The van der Waals surface area contributed by atoms with Crippen LogP contribution in [-0.2, 0) is 4.57 Å². The van der Waals surface area contributed by atoms with Gasteiger partial charge in [0.1, 0.15) is 0 Å². The molecule has 0 saturated heterocycles. The summed E-state index contributed by atoms with van der Waals surface area (Å²) in [5.74, 6) is -0.721. The first-order valence-electron chi connectivity index (χ1n) is 4.16. The molecule has 1 atom stereocenters. The maximum Gasteiger partial charge on any atom is 0.393 e. The average Bonchev–Trinajstić information content (AvgIpc) is 2.14. The van der Waals surface area contributed by atoms with Crippen molar-refractivity contribution in [2.24, 2.45) is 0 Å². The lowest BCUT2D eigenvalue weighted by Gasteiger charge is -1.99. The fourth-order valence-electron chi connectivity index (χ4n) is 1.00. The number of alkyl halides is 3. The Morgan fingerprint density at radius 3 is 2.33 bits per heavy atom. The highest BCUT2D eigenvalue weighted by Gasteiger charge is 2.34. The summed E-state index contributed by atoms with van der Waals surface area (Å²) in [5.41, 5.74) is 0. The molecule has 0 bridgehead atoms. The summed E-state index contributed by atoms with van der Waals surface area (Å²) in [4.78, 5) is 0. The molecule has 6 heteroatoms. The van der Waals surface area contributed by atoms with E-state index in [4.69, 9.17) is 0 Å². The van der Waals surface area contributed by atoms with Crippen LogP contribution in [0.25, 0.3) is 0 Å². The standard InChI is InChI=1S/C9H8F4OP/c10-7-3-1-2-4-8(7)15(14)6-5-9(11,12)13/h1-4H,5-6H2/q+1. The molecule has 1 unspecified atom stereocenters. The molecule has 82 valence electrons. The van der Waals surface area contributed by atoms with Crippen LogP contribution in [0.1, 0.15) is 6.42 Å². The molecule has 0 radical (unpaired) electrons. The van der Waals surface area contributed by atoms with E-state index in [1.807, 2.05) is 0 Å². The highest BCUT2D eigenvalue weighted by molar-refractivity contribution is 7.53. The average molecular weight is 239 g/mol. The molecule has 0 fully saturated rings. The Kier molecular flexibility index (Phi) is 3.80. The fourth-order valence-corrected chi connectivity index (χ4v) is 2.27. The summed E-state index contributed by atoms with van der Waals surface area (Å²) in [5, 5.41) is -0.142. The second-order valence-corrected chi connectivity index (χ2v) is 4.60. The molecule has 0 aliphatic heterocycles. The van der Waals surface area contributed by atoms with Crippen molar-refractivity contribution in [2.45, 2.75) is 12.6 Å². The third-order valence-corrected chi connectivity index (χ3v) is 3.25. The Hall–Kier alpha value is -0.960. The predicted octanol–water partition coefficient (Wildman–Crippen LogP) is 3.23. The van der Waals surface area contributed by atoms with Gasteiger partial charge in [0.2, 0.25) is 5.30 Å². The summed E-state index contributed by atoms with van der Waals surface area (Å²) < 4.78 is 59.7. The summed E-state index contributed by atoms with van der Waals surface area (Å²) in [6.45, 7) is 0. The molecule has 1 aromatic carbocycles. The molecule has 0 aliphatic carbocycles. The monoisotopic (exact) mass is 239 g/mol. The van der Waals surface area contributed by atoms with Crippen molar-refractivity contribution < 1.29 is 22.1 Å². The van der Waals surface area contributed by atoms with Gasteiger partial charge >= 0.3 is 14.0 Å². The first-order valence-corrected chi connectivity index (χ1v) is 5.60. The maximum absolute atomic E-state index is 13.0. The van der Waals surface area contributed by atoms with Crippen molar-refractivity contribution in [3.63, 3.8) is 0 Å². The molecular weight excluding hydrogens is 231 g/mol. The highest BCUT2D eigenvalue weighted by atomic mass is 31.1. The van der Waals surface area contributed by atoms with Gasteiger partial charge in [0.05, 0.1) is 6.42 Å². The topological polar surface area (TPSA) is 17.1 Å². The van der Waals surface area contributed by atoms with Gasteiger partial charge in [-0.25, -0.2) is 4.39 Å². The van der Waals surface area contributed by atoms with Crippen molar-refractivity contribution in [2.75, 3.05) is 6.16 Å². The van der Waals surface area contributed by atoms with Crippen molar-refractivity contribution in [1.82, 2.24) is 0 Å². The van der Waals surface area contributed by atoms with Crippen LogP contribution in [0.4, 0.5) is 17.6 Å². The minimum atomic E-state index is -4.35. The number of halogens is 4. The zero-order valence-corrected chi connectivity index (χ0v) is 8.49. The van der Waals surface area contributed by atoms with Crippen LogP contribution in [-0.4, -0.2) is 12.3 Å². The van der Waals surface area contributed by atoms with E-state index in [1.165, 1.54) is 18.2 Å². The van der Waals surface area contributed by atoms with E-state index in [-0.39, 0.29) is 5.30 Å². The van der Waals surface area contributed by atoms with Crippen molar-refractivity contribution in [3.05, 3.63) is 30.1 Å². The molecular formula is C9H8F4OP+. The van der Waals surface area contributed by atoms with Crippen molar-refractivity contribution in [3.8, 4) is 0 Å². The second kappa shape index (κ2) is 4.71. The van der Waals surface area contributed by atoms with E-state index in [0.29, 0.717) is 0 Å². The summed E-state index contributed by atoms with van der Waals surface area (Å²) in [6, 6.07) is 5.16. The van der Waals surface area contributed by atoms with Crippen LogP contribution in [0, 0.1) is 5.82 Å². The van der Waals surface area contributed by atoms with Crippen molar-refractivity contribution >= 4 is 13.1 Å². The van der Waals surface area contributed by atoms with E-state index in [0.717, 1.165) is 6.07 Å². The molecule has 15 heavy (non-hydrogen) atoms. The Labute approximate surface area is 84.9 Å². The summed E-state index contributed by atoms with van der Waals surface area (Å²) >= 11 is 0. The lowest BCUT2D eigenvalue weighted by atomic mass is 10.3. The minimum Gasteiger partial charge on any atom is -0.202 e. The highest BCUT2D eigenvalue weighted by Crippen LogP contribution is 2.29. The van der Waals surface area contributed by atoms with Crippen molar-refractivity contribution in [1.29, 1.82) is 0 Å². The van der Waals surface area contributed by atoms with Gasteiger partial charge in [-0.3, -0.25) is 0 Å². The molecule has 0 spiro atoms. The van der Waals surface area contributed by atoms with Gasteiger partial charge in [0, 0.05) is 0 Å². The molecule has 0 amide bonds. The second-order valence-electron chi connectivity index (χ2n) is 2.92. The van der Waals surface area contributed by atoms with E-state index < -0.39 is 32.4 Å². The summed E-state index contributed by atoms with van der Waals surface area (Å²) in [6.07, 6.45) is -6.08. The van der Waals surface area contributed by atoms with Gasteiger partial charge in [-0.2, -0.15) is 13.2 Å². The molecule has 0 heterocycles. The lowest BCUT2D eigenvalue weighted by Crippen LogP contribution is -2.11. The SMILES string of the molecule is O=[P+](CCC(F)(F)F)c1ccccc1F. The smallest absolute Gasteiger partial charge is 0.202 e. The first-order chi connectivity index (χ1) is 6.90. The predicted molar refractivity (Wildman–Crippen MR) is 49.2 cm³/mol. The van der Waals surface area contributed by atoms with Crippen LogP contribution in [0.15, 0.2) is 24.3 Å². The van der Waals surface area contributed by atoms with Crippen LogP contribution in [0.3, 0.4) is 0 Å². The van der Waals surface area contributed by atoms with Crippen LogP contribution >= 0.6 is 7.80 Å². The molecule has 0 saturated carbocycles. The van der Waals surface area contributed by atoms with Gasteiger partial charge < -0.3 is 0 Å². The fraction of sp³-hybridized carbons (Fsp3) is 0.333. The van der Waals surface area contributed by atoms with Crippen LogP contribution < -0.4 is 5.30 Å². The van der Waals surface area contributed by atoms with E-state index in [1.54, 1.807) is 0 Å². The lowest BCUT2D eigenvalue weighted by molar-refractivity contribution is -0.129. The zero-order chi connectivity index (χ0) is 11.5.